The summed E-state index contributed by atoms with van der Waals surface area (Å²) < 4.78 is 0. The molecule has 124 valence electrons. The highest BCUT2D eigenvalue weighted by atomic mass is 35.5. The third-order valence-corrected chi connectivity index (χ3v) is 4.82. The molecule has 0 radical (unpaired) electrons. The van der Waals surface area contributed by atoms with E-state index in [1.807, 2.05) is 30.3 Å². The Kier molecular flexibility index (Phi) is 4.29. The second-order valence-corrected chi connectivity index (χ2v) is 6.80. The maximum atomic E-state index is 6.07. The molecule has 0 saturated carbocycles. The van der Waals surface area contributed by atoms with Gasteiger partial charge in [-0.3, -0.25) is 5.01 Å². The molecule has 0 amide bonds. The van der Waals surface area contributed by atoms with E-state index in [0.29, 0.717) is 0 Å². The Morgan fingerprint density at radius 1 is 0.880 bits per heavy atom. The van der Waals surface area contributed by atoms with Crippen LogP contribution in [-0.2, 0) is 0 Å². The van der Waals surface area contributed by atoms with Gasteiger partial charge in [0.25, 0.3) is 0 Å². The van der Waals surface area contributed by atoms with Crippen LogP contribution in [0.2, 0.25) is 5.02 Å². The van der Waals surface area contributed by atoms with Gasteiger partial charge in [-0.25, -0.2) is 0 Å². The van der Waals surface area contributed by atoms with Crippen molar-refractivity contribution in [2.24, 2.45) is 5.10 Å². The fraction of sp³-hybridized carbons (Fsp3) is 0.136. The van der Waals surface area contributed by atoms with Gasteiger partial charge in [0.1, 0.15) is 0 Å². The molecule has 4 rings (SSSR count). The van der Waals surface area contributed by atoms with Crippen LogP contribution in [0.5, 0.6) is 0 Å². The largest absolute Gasteiger partial charge is 0.257 e. The molecule has 0 saturated heterocycles. The summed E-state index contributed by atoms with van der Waals surface area (Å²) in [5.41, 5.74) is 5.88. The van der Waals surface area contributed by atoms with Crippen LogP contribution in [0.25, 0.3) is 0 Å². The van der Waals surface area contributed by atoms with Gasteiger partial charge in [0, 0.05) is 11.4 Å². The summed E-state index contributed by atoms with van der Waals surface area (Å²) in [5.74, 6) is 0. The van der Waals surface area contributed by atoms with Crippen LogP contribution in [0.15, 0.2) is 84.0 Å². The molecule has 3 aromatic rings. The highest BCUT2D eigenvalue weighted by molar-refractivity contribution is 6.30. The van der Waals surface area contributed by atoms with Crippen LogP contribution in [-0.4, -0.2) is 5.71 Å². The van der Waals surface area contributed by atoms with Gasteiger partial charge in [-0.2, -0.15) is 5.10 Å². The molecular weight excluding hydrogens is 328 g/mol. The van der Waals surface area contributed by atoms with Crippen molar-refractivity contribution in [1.82, 2.24) is 0 Å². The molecule has 1 unspecified atom stereocenters. The average molecular weight is 347 g/mol. The van der Waals surface area contributed by atoms with Crippen LogP contribution in [0.1, 0.15) is 29.2 Å². The minimum atomic E-state index is 0.177. The maximum absolute atomic E-state index is 6.07. The molecule has 0 N–H and O–H groups in total. The third-order valence-electron chi connectivity index (χ3n) is 4.57. The first kappa shape index (κ1) is 15.9. The fourth-order valence-electron chi connectivity index (χ4n) is 3.19. The van der Waals surface area contributed by atoms with E-state index in [1.165, 1.54) is 16.7 Å². The zero-order valence-corrected chi connectivity index (χ0v) is 14.8. The Labute approximate surface area is 153 Å². The van der Waals surface area contributed by atoms with Crippen LogP contribution >= 0.6 is 11.6 Å². The fourth-order valence-corrected chi connectivity index (χ4v) is 3.32. The molecule has 3 aromatic carbocycles. The van der Waals surface area contributed by atoms with Crippen LogP contribution < -0.4 is 5.01 Å². The lowest BCUT2D eigenvalue weighted by Crippen LogP contribution is -2.18. The normalized spacial score (nSPS) is 16.8. The molecule has 0 spiro atoms. The van der Waals surface area contributed by atoms with E-state index in [4.69, 9.17) is 16.7 Å². The Balaban J connectivity index is 1.73. The summed E-state index contributed by atoms with van der Waals surface area (Å²) >= 11 is 6.07. The van der Waals surface area contributed by atoms with Crippen molar-refractivity contribution in [2.45, 2.75) is 19.4 Å². The van der Waals surface area contributed by atoms with Crippen molar-refractivity contribution < 1.29 is 0 Å². The monoisotopic (exact) mass is 346 g/mol. The molecule has 0 bridgehead atoms. The molecule has 1 heterocycles. The first-order valence-electron chi connectivity index (χ1n) is 8.45. The highest BCUT2D eigenvalue weighted by Crippen LogP contribution is 2.36. The van der Waals surface area contributed by atoms with Gasteiger partial charge in [0.2, 0.25) is 0 Å². The molecule has 1 aliphatic rings. The summed E-state index contributed by atoms with van der Waals surface area (Å²) in [4.78, 5) is 0. The molecule has 25 heavy (non-hydrogen) atoms. The average Bonchev–Trinajstić information content (AvgIpc) is 3.09. The topological polar surface area (TPSA) is 15.6 Å². The predicted molar refractivity (Wildman–Crippen MR) is 105 cm³/mol. The van der Waals surface area contributed by atoms with Crippen molar-refractivity contribution in [2.75, 3.05) is 5.01 Å². The van der Waals surface area contributed by atoms with Crippen molar-refractivity contribution in [3.63, 3.8) is 0 Å². The van der Waals surface area contributed by atoms with Gasteiger partial charge in [-0.1, -0.05) is 71.8 Å². The summed E-state index contributed by atoms with van der Waals surface area (Å²) in [6, 6.07) is 27.2. The minimum Gasteiger partial charge on any atom is -0.257 e. The lowest BCUT2D eigenvalue weighted by Gasteiger charge is -2.24. The number of rotatable bonds is 3. The van der Waals surface area contributed by atoms with E-state index in [2.05, 4.69) is 60.5 Å². The number of hydrogen-bond donors (Lipinski definition) is 0. The van der Waals surface area contributed by atoms with E-state index in [0.717, 1.165) is 22.8 Å². The number of aryl methyl sites for hydroxylation is 1. The number of hydrazone groups is 1. The Morgan fingerprint density at radius 2 is 1.56 bits per heavy atom. The molecule has 3 heteroatoms. The smallest absolute Gasteiger partial charge is 0.0831 e. The van der Waals surface area contributed by atoms with Gasteiger partial charge in [-0.05, 0) is 42.3 Å². The summed E-state index contributed by atoms with van der Waals surface area (Å²) in [6.07, 6.45) is 0.875. The molecule has 0 fully saturated rings. The van der Waals surface area contributed by atoms with Gasteiger partial charge in [0.05, 0.1) is 17.4 Å². The number of benzene rings is 3. The lowest BCUT2D eigenvalue weighted by atomic mass is 9.98. The first-order valence-corrected chi connectivity index (χ1v) is 8.83. The molecule has 1 atom stereocenters. The Morgan fingerprint density at radius 3 is 2.24 bits per heavy atom. The highest BCUT2D eigenvalue weighted by Gasteiger charge is 2.29. The summed E-state index contributed by atoms with van der Waals surface area (Å²) in [5, 5.41) is 7.84. The predicted octanol–water partition coefficient (Wildman–Crippen LogP) is 6.00. The van der Waals surface area contributed by atoms with E-state index < -0.39 is 0 Å². The van der Waals surface area contributed by atoms with E-state index in [1.54, 1.807) is 0 Å². The molecule has 2 nitrogen and oxygen atoms in total. The molecule has 0 aromatic heterocycles. The number of anilines is 1. The number of halogens is 1. The van der Waals surface area contributed by atoms with Gasteiger partial charge < -0.3 is 0 Å². The Hall–Kier alpha value is -2.58. The van der Waals surface area contributed by atoms with Gasteiger partial charge >= 0.3 is 0 Å². The second kappa shape index (κ2) is 6.73. The zero-order valence-electron chi connectivity index (χ0n) is 14.1. The van der Waals surface area contributed by atoms with Gasteiger partial charge in [0.15, 0.2) is 0 Å². The number of nitrogens with zero attached hydrogens (tertiary/aromatic N) is 2. The van der Waals surface area contributed by atoms with Crippen molar-refractivity contribution in [1.29, 1.82) is 0 Å². The molecule has 0 aliphatic carbocycles. The van der Waals surface area contributed by atoms with Crippen molar-refractivity contribution in [3.8, 4) is 0 Å². The quantitative estimate of drug-likeness (QED) is 0.567. The minimum absolute atomic E-state index is 0.177. The lowest BCUT2D eigenvalue weighted by molar-refractivity contribution is 0.709. The summed E-state index contributed by atoms with van der Waals surface area (Å²) in [6.45, 7) is 2.10. The number of hydrogen-bond acceptors (Lipinski definition) is 2. The number of para-hydroxylation sites is 1. The van der Waals surface area contributed by atoms with Crippen LogP contribution in [0.4, 0.5) is 5.69 Å². The standard InChI is InChI=1S/C22H19ClN2/c1-16-7-9-17(10-8-16)21-15-22(18-11-13-19(23)14-12-18)25(24-21)20-5-3-2-4-6-20/h2-14,22H,15H2,1H3. The molecular formula is C22H19ClN2. The Bertz CT molecular complexity index is 884. The summed E-state index contributed by atoms with van der Waals surface area (Å²) in [7, 11) is 0. The van der Waals surface area contributed by atoms with Crippen LogP contribution in [0.3, 0.4) is 0 Å². The first-order chi connectivity index (χ1) is 12.2. The zero-order chi connectivity index (χ0) is 17.2. The van der Waals surface area contributed by atoms with E-state index in [9.17, 15) is 0 Å². The van der Waals surface area contributed by atoms with Crippen molar-refractivity contribution in [3.05, 3.63) is 101 Å². The van der Waals surface area contributed by atoms with Crippen LogP contribution in [0, 0.1) is 6.92 Å². The SMILES string of the molecule is Cc1ccc(C2=NN(c3ccccc3)C(c3ccc(Cl)cc3)C2)cc1. The third kappa shape index (κ3) is 3.31. The van der Waals surface area contributed by atoms with E-state index in [-0.39, 0.29) is 6.04 Å². The molecule has 1 aliphatic heterocycles. The second-order valence-electron chi connectivity index (χ2n) is 6.36. The van der Waals surface area contributed by atoms with Gasteiger partial charge in [-0.15, -0.1) is 0 Å². The van der Waals surface area contributed by atoms with Crippen molar-refractivity contribution >= 4 is 23.0 Å². The maximum Gasteiger partial charge on any atom is 0.0831 e. The van der Waals surface area contributed by atoms with E-state index >= 15 is 0 Å².